The van der Waals surface area contributed by atoms with Gasteiger partial charge in [0.2, 0.25) is 0 Å². The summed E-state index contributed by atoms with van der Waals surface area (Å²) in [7, 11) is 0. The number of rotatable bonds is 6. The topological polar surface area (TPSA) is 41.1 Å². The Labute approximate surface area is 116 Å². The molecule has 0 atom stereocenters. The molecule has 1 amide bonds. The van der Waals surface area contributed by atoms with Crippen LogP contribution in [-0.2, 0) is 0 Å². The number of amides is 1. The highest BCUT2D eigenvalue weighted by Crippen LogP contribution is 2.20. The SMILES string of the molecule is CCCNc1cc(C)ccc1C(=O)NCCC(F)(F)F. The molecule has 1 rings (SSSR count). The van der Waals surface area contributed by atoms with E-state index < -0.39 is 25.0 Å². The van der Waals surface area contributed by atoms with Gasteiger partial charge in [0, 0.05) is 18.8 Å². The van der Waals surface area contributed by atoms with Crippen LogP contribution in [0.2, 0.25) is 0 Å². The van der Waals surface area contributed by atoms with E-state index in [0.717, 1.165) is 12.0 Å². The number of benzene rings is 1. The summed E-state index contributed by atoms with van der Waals surface area (Å²) in [5.41, 5.74) is 2.00. The van der Waals surface area contributed by atoms with Crippen LogP contribution in [-0.4, -0.2) is 25.2 Å². The Hall–Kier alpha value is -1.72. The number of carbonyl (C=O) groups is 1. The number of hydrogen-bond acceptors (Lipinski definition) is 2. The Morgan fingerprint density at radius 1 is 1.25 bits per heavy atom. The van der Waals surface area contributed by atoms with Crippen LogP contribution in [0.25, 0.3) is 0 Å². The summed E-state index contributed by atoms with van der Waals surface area (Å²) in [6.45, 7) is 4.17. The molecular weight excluding hydrogens is 269 g/mol. The second kappa shape index (κ2) is 7.17. The van der Waals surface area contributed by atoms with Crippen molar-refractivity contribution in [1.29, 1.82) is 0 Å². The predicted molar refractivity (Wildman–Crippen MR) is 73.0 cm³/mol. The highest BCUT2D eigenvalue weighted by atomic mass is 19.4. The van der Waals surface area contributed by atoms with Crippen molar-refractivity contribution in [3.8, 4) is 0 Å². The monoisotopic (exact) mass is 288 g/mol. The van der Waals surface area contributed by atoms with E-state index in [9.17, 15) is 18.0 Å². The van der Waals surface area contributed by atoms with Gasteiger partial charge in [-0.25, -0.2) is 0 Å². The average molecular weight is 288 g/mol. The Kier molecular flexibility index (Phi) is 5.85. The summed E-state index contributed by atoms with van der Waals surface area (Å²) >= 11 is 0. The molecule has 0 saturated carbocycles. The first-order valence-corrected chi connectivity index (χ1v) is 6.53. The van der Waals surface area contributed by atoms with Gasteiger partial charge in [0.1, 0.15) is 0 Å². The van der Waals surface area contributed by atoms with Gasteiger partial charge in [0.25, 0.3) is 5.91 Å². The molecule has 0 radical (unpaired) electrons. The fourth-order valence-corrected chi connectivity index (χ4v) is 1.68. The van der Waals surface area contributed by atoms with Crippen LogP contribution in [0.15, 0.2) is 18.2 Å². The molecular formula is C14H19F3N2O. The second-order valence-corrected chi connectivity index (χ2v) is 4.60. The molecule has 0 aliphatic carbocycles. The maximum atomic E-state index is 12.0. The Balaban J connectivity index is 2.71. The van der Waals surface area contributed by atoms with Gasteiger partial charge in [-0.3, -0.25) is 4.79 Å². The minimum Gasteiger partial charge on any atom is -0.384 e. The molecule has 0 spiro atoms. The molecule has 0 aliphatic rings. The third-order valence-electron chi connectivity index (χ3n) is 2.68. The Morgan fingerprint density at radius 3 is 2.55 bits per heavy atom. The van der Waals surface area contributed by atoms with Gasteiger partial charge in [0.15, 0.2) is 0 Å². The van der Waals surface area contributed by atoms with E-state index in [-0.39, 0.29) is 0 Å². The van der Waals surface area contributed by atoms with Crippen LogP contribution in [0.1, 0.15) is 35.7 Å². The number of hydrogen-bond donors (Lipinski definition) is 2. The zero-order valence-corrected chi connectivity index (χ0v) is 11.6. The molecule has 0 heterocycles. The summed E-state index contributed by atoms with van der Waals surface area (Å²) in [5.74, 6) is -0.493. The first-order valence-electron chi connectivity index (χ1n) is 6.53. The maximum Gasteiger partial charge on any atom is 0.390 e. The molecule has 1 aromatic carbocycles. The van der Waals surface area contributed by atoms with Gasteiger partial charge in [-0.1, -0.05) is 13.0 Å². The standard InChI is InChI=1S/C14H19F3N2O/c1-3-7-18-12-9-10(2)4-5-11(12)13(20)19-8-6-14(15,16)17/h4-5,9,18H,3,6-8H2,1-2H3,(H,19,20). The number of anilines is 1. The van der Waals surface area contributed by atoms with Crippen molar-refractivity contribution in [3.05, 3.63) is 29.3 Å². The molecule has 0 unspecified atom stereocenters. The zero-order valence-electron chi connectivity index (χ0n) is 11.6. The van der Waals surface area contributed by atoms with E-state index in [1.807, 2.05) is 19.9 Å². The second-order valence-electron chi connectivity index (χ2n) is 4.60. The summed E-state index contributed by atoms with van der Waals surface area (Å²) in [6, 6.07) is 5.19. The van der Waals surface area contributed by atoms with Crippen LogP contribution in [0, 0.1) is 6.92 Å². The average Bonchev–Trinajstić information content (AvgIpc) is 2.34. The van der Waals surface area contributed by atoms with Crippen molar-refractivity contribution in [2.75, 3.05) is 18.4 Å². The first-order chi connectivity index (χ1) is 9.33. The largest absolute Gasteiger partial charge is 0.390 e. The summed E-state index contributed by atoms with van der Waals surface area (Å²) in [5, 5.41) is 5.40. The lowest BCUT2D eigenvalue weighted by atomic mass is 10.1. The third kappa shape index (κ3) is 5.50. The van der Waals surface area contributed by atoms with Crippen molar-refractivity contribution >= 4 is 11.6 Å². The van der Waals surface area contributed by atoms with E-state index in [4.69, 9.17) is 0 Å². The van der Waals surface area contributed by atoms with E-state index in [1.54, 1.807) is 12.1 Å². The predicted octanol–water partition coefficient (Wildman–Crippen LogP) is 3.50. The van der Waals surface area contributed by atoms with E-state index >= 15 is 0 Å². The van der Waals surface area contributed by atoms with Crippen molar-refractivity contribution in [2.24, 2.45) is 0 Å². The number of nitrogens with one attached hydrogen (secondary N) is 2. The molecule has 3 nitrogen and oxygen atoms in total. The van der Waals surface area contributed by atoms with Gasteiger partial charge in [-0.2, -0.15) is 13.2 Å². The fourth-order valence-electron chi connectivity index (χ4n) is 1.68. The summed E-state index contributed by atoms with van der Waals surface area (Å²) < 4.78 is 36.1. The van der Waals surface area contributed by atoms with Crippen LogP contribution >= 0.6 is 0 Å². The number of alkyl halides is 3. The minimum absolute atomic E-state index is 0.367. The molecule has 0 aromatic heterocycles. The fraction of sp³-hybridized carbons (Fsp3) is 0.500. The quantitative estimate of drug-likeness (QED) is 0.841. The summed E-state index contributed by atoms with van der Waals surface area (Å²) in [6.07, 6.45) is -4.39. The van der Waals surface area contributed by atoms with E-state index in [2.05, 4.69) is 10.6 Å². The lowest BCUT2D eigenvalue weighted by Crippen LogP contribution is -2.28. The maximum absolute atomic E-state index is 12.0. The smallest absolute Gasteiger partial charge is 0.384 e. The van der Waals surface area contributed by atoms with Gasteiger partial charge >= 0.3 is 6.18 Å². The molecule has 112 valence electrons. The van der Waals surface area contributed by atoms with Crippen molar-refractivity contribution in [1.82, 2.24) is 5.32 Å². The lowest BCUT2D eigenvalue weighted by Gasteiger charge is -2.13. The molecule has 0 saturated heterocycles. The number of aryl methyl sites for hydroxylation is 1. The van der Waals surface area contributed by atoms with Gasteiger partial charge in [0.05, 0.1) is 12.0 Å². The molecule has 0 aliphatic heterocycles. The van der Waals surface area contributed by atoms with Crippen LogP contribution < -0.4 is 10.6 Å². The van der Waals surface area contributed by atoms with Gasteiger partial charge in [-0.15, -0.1) is 0 Å². The number of carbonyl (C=O) groups excluding carboxylic acids is 1. The van der Waals surface area contributed by atoms with Crippen LogP contribution in [0.5, 0.6) is 0 Å². The Bertz CT molecular complexity index is 458. The van der Waals surface area contributed by atoms with Crippen LogP contribution in [0.3, 0.4) is 0 Å². The molecule has 0 fully saturated rings. The third-order valence-corrected chi connectivity index (χ3v) is 2.68. The first kappa shape index (κ1) is 16.3. The van der Waals surface area contributed by atoms with Crippen molar-refractivity contribution in [3.63, 3.8) is 0 Å². The molecule has 20 heavy (non-hydrogen) atoms. The van der Waals surface area contributed by atoms with Gasteiger partial charge in [-0.05, 0) is 31.0 Å². The minimum atomic E-state index is -4.26. The highest BCUT2D eigenvalue weighted by molar-refractivity contribution is 5.99. The lowest BCUT2D eigenvalue weighted by molar-refractivity contribution is -0.132. The van der Waals surface area contributed by atoms with Crippen LogP contribution in [0.4, 0.5) is 18.9 Å². The van der Waals surface area contributed by atoms with Gasteiger partial charge < -0.3 is 10.6 Å². The summed E-state index contributed by atoms with van der Waals surface area (Å²) in [4.78, 5) is 11.9. The van der Waals surface area contributed by atoms with E-state index in [1.165, 1.54) is 0 Å². The Morgan fingerprint density at radius 2 is 1.95 bits per heavy atom. The molecule has 1 aromatic rings. The van der Waals surface area contributed by atoms with E-state index in [0.29, 0.717) is 17.8 Å². The molecule has 0 bridgehead atoms. The molecule has 2 N–H and O–H groups in total. The highest BCUT2D eigenvalue weighted by Gasteiger charge is 2.26. The number of halogens is 3. The molecule has 6 heteroatoms. The zero-order chi connectivity index (χ0) is 15.2. The van der Waals surface area contributed by atoms with Crippen molar-refractivity contribution < 1.29 is 18.0 Å². The normalized spacial score (nSPS) is 11.2. The van der Waals surface area contributed by atoms with Crippen molar-refractivity contribution in [2.45, 2.75) is 32.9 Å².